The summed E-state index contributed by atoms with van der Waals surface area (Å²) < 4.78 is 0. The van der Waals surface area contributed by atoms with Crippen LogP contribution in [0.2, 0.25) is 0 Å². The van der Waals surface area contributed by atoms with Gasteiger partial charge in [-0.3, -0.25) is 10.1 Å². The van der Waals surface area contributed by atoms with Crippen molar-refractivity contribution in [2.24, 2.45) is 4.99 Å². The van der Waals surface area contributed by atoms with Crippen molar-refractivity contribution in [3.63, 3.8) is 0 Å². The summed E-state index contributed by atoms with van der Waals surface area (Å²) in [5, 5.41) is 6.64. The van der Waals surface area contributed by atoms with E-state index in [0.29, 0.717) is 0 Å². The van der Waals surface area contributed by atoms with Crippen LogP contribution in [0.25, 0.3) is 0 Å². The van der Waals surface area contributed by atoms with Crippen LogP contribution in [0.5, 0.6) is 0 Å². The third-order valence-electron chi connectivity index (χ3n) is 1.14. The molecule has 0 aliphatic carbocycles. The number of aryl methyl sites for hydroxylation is 1. The summed E-state index contributed by atoms with van der Waals surface area (Å²) in [5.74, 6) is 0. The van der Waals surface area contributed by atoms with Crippen LogP contribution in [0.1, 0.15) is 11.3 Å². The van der Waals surface area contributed by atoms with Gasteiger partial charge in [-0.1, -0.05) is 0 Å². The summed E-state index contributed by atoms with van der Waals surface area (Å²) in [5.41, 5.74) is 2.11. The number of nitrogens with one attached hydrogen (secondary N) is 1. The maximum absolute atomic E-state index is 3.85. The van der Waals surface area contributed by atoms with Crippen LogP contribution in [0, 0.1) is 6.92 Å². The Labute approximate surface area is 53.8 Å². The summed E-state index contributed by atoms with van der Waals surface area (Å²) in [7, 11) is 1.74. The number of nitrogens with zero attached hydrogens (tertiary/aromatic N) is 2. The highest BCUT2D eigenvalue weighted by molar-refractivity contribution is 5.80. The summed E-state index contributed by atoms with van der Waals surface area (Å²) in [6, 6.07) is 0. The molecule has 3 heteroatoms. The lowest BCUT2D eigenvalue weighted by molar-refractivity contribution is 1.05. The fourth-order valence-electron chi connectivity index (χ4n) is 0.629. The normalized spacial score (nSPS) is 10.9. The molecule has 1 aromatic heterocycles. The Bertz CT molecular complexity index is 212. The molecule has 0 aliphatic rings. The van der Waals surface area contributed by atoms with E-state index in [4.69, 9.17) is 0 Å². The molecule has 48 valence electrons. The molecule has 0 aromatic carbocycles. The topological polar surface area (TPSA) is 41.0 Å². The largest absolute Gasteiger partial charge is 0.296 e. The average Bonchev–Trinajstić information content (AvgIpc) is 2.18. The SMILES string of the molecule is CN=Cc1cn[nH]c1C. The molecular formula is C6H9N3. The number of aromatic amines is 1. The van der Waals surface area contributed by atoms with Gasteiger partial charge in [-0.05, 0) is 6.92 Å². The highest BCUT2D eigenvalue weighted by Gasteiger charge is 1.92. The van der Waals surface area contributed by atoms with Crippen molar-refractivity contribution >= 4 is 6.21 Å². The predicted octanol–water partition coefficient (Wildman–Crippen LogP) is 0.767. The summed E-state index contributed by atoms with van der Waals surface area (Å²) >= 11 is 0. The molecule has 0 radical (unpaired) electrons. The number of H-pyrrole nitrogens is 1. The average molecular weight is 123 g/mol. The summed E-state index contributed by atoms with van der Waals surface area (Å²) in [6.07, 6.45) is 3.53. The van der Waals surface area contributed by atoms with E-state index in [-0.39, 0.29) is 0 Å². The summed E-state index contributed by atoms with van der Waals surface area (Å²) in [4.78, 5) is 3.85. The van der Waals surface area contributed by atoms with Crippen molar-refractivity contribution < 1.29 is 0 Å². The lowest BCUT2D eigenvalue weighted by Crippen LogP contribution is -1.79. The van der Waals surface area contributed by atoms with Gasteiger partial charge in [-0.25, -0.2) is 0 Å². The smallest absolute Gasteiger partial charge is 0.0577 e. The number of aliphatic imine (C=N–C) groups is 1. The van der Waals surface area contributed by atoms with Crippen LogP contribution in [0.15, 0.2) is 11.2 Å². The number of hydrogen-bond acceptors (Lipinski definition) is 2. The van der Waals surface area contributed by atoms with E-state index in [0.717, 1.165) is 11.3 Å². The van der Waals surface area contributed by atoms with E-state index in [9.17, 15) is 0 Å². The molecule has 1 N–H and O–H groups in total. The van der Waals surface area contributed by atoms with E-state index in [1.165, 1.54) is 0 Å². The molecule has 9 heavy (non-hydrogen) atoms. The van der Waals surface area contributed by atoms with Crippen molar-refractivity contribution in [1.29, 1.82) is 0 Å². The minimum absolute atomic E-state index is 1.05. The Kier molecular flexibility index (Phi) is 1.63. The first-order valence-corrected chi connectivity index (χ1v) is 2.76. The minimum atomic E-state index is 1.05. The highest BCUT2D eigenvalue weighted by Crippen LogP contribution is 1.96. The van der Waals surface area contributed by atoms with Gasteiger partial charge in [0, 0.05) is 24.5 Å². The zero-order valence-corrected chi connectivity index (χ0v) is 5.55. The first kappa shape index (κ1) is 6.01. The second-order valence-corrected chi connectivity index (χ2v) is 1.84. The molecule has 0 spiro atoms. The molecular weight excluding hydrogens is 114 g/mol. The maximum Gasteiger partial charge on any atom is 0.0577 e. The minimum Gasteiger partial charge on any atom is -0.296 e. The second-order valence-electron chi connectivity index (χ2n) is 1.84. The molecule has 0 fully saturated rings. The molecule has 0 saturated heterocycles. The van der Waals surface area contributed by atoms with Gasteiger partial charge in [0.15, 0.2) is 0 Å². The zero-order chi connectivity index (χ0) is 6.69. The Morgan fingerprint density at radius 2 is 2.56 bits per heavy atom. The Morgan fingerprint density at radius 3 is 3.00 bits per heavy atom. The maximum atomic E-state index is 3.85. The van der Waals surface area contributed by atoms with Crippen LogP contribution < -0.4 is 0 Å². The standard InChI is InChI=1S/C6H9N3/c1-5-6(3-7-2)4-8-9-5/h3-4H,1-2H3,(H,8,9). The number of rotatable bonds is 1. The van der Waals surface area contributed by atoms with Crippen molar-refractivity contribution in [2.45, 2.75) is 6.92 Å². The van der Waals surface area contributed by atoms with Gasteiger partial charge in [-0.2, -0.15) is 5.10 Å². The van der Waals surface area contributed by atoms with E-state index < -0.39 is 0 Å². The van der Waals surface area contributed by atoms with E-state index >= 15 is 0 Å². The van der Waals surface area contributed by atoms with E-state index in [1.54, 1.807) is 19.5 Å². The zero-order valence-electron chi connectivity index (χ0n) is 5.55. The Morgan fingerprint density at radius 1 is 1.78 bits per heavy atom. The van der Waals surface area contributed by atoms with Crippen LogP contribution in [-0.2, 0) is 0 Å². The molecule has 1 rings (SSSR count). The first-order chi connectivity index (χ1) is 4.34. The second kappa shape index (κ2) is 2.44. The third kappa shape index (κ3) is 1.16. The molecule has 3 nitrogen and oxygen atoms in total. The van der Waals surface area contributed by atoms with Gasteiger partial charge in [0.05, 0.1) is 6.20 Å². The fourth-order valence-corrected chi connectivity index (χ4v) is 0.629. The molecule has 0 saturated carbocycles. The van der Waals surface area contributed by atoms with Gasteiger partial charge in [-0.15, -0.1) is 0 Å². The molecule has 0 unspecified atom stereocenters. The van der Waals surface area contributed by atoms with Crippen LogP contribution >= 0.6 is 0 Å². The molecule has 0 bridgehead atoms. The van der Waals surface area contributed by atoms with Crippen LogP contribution in [-0.4, -0.2) is 23.5 Å². The number of aromatic nitrogens is 2. The molecule has 1 heterocycles. The van der Waals surface area contributed by atoms with Gasteiger partial charge in [0.1, 0.15) is 0 Å². The quantitative estimate of drug-likeness (QED) is 0.550. The number of hydrogen-bond donors (Lipinski definition) is 1. The molecule has 0 amide bonds. The van der Waals surface area contributed by atoms with E-state index in [2.05, 4.69) is 15.2 Å². The van der Waals surface area contributed by atoms with Crippen molar-refractivity contribution in [3.05, 3.63) is 17.5 Å². The molecule has 1 aromatic rings. The Balaban J connectivity index is 2.94. The van der Waals surface area contributed by atoms with Gasteiger partial charge < -0.3 is 0 Å². The third-order valence-corrected chi connectivity index (χ3v) is 1.14. The van der Waals surface area contributed by atoms with Crippen molar-refractivity contribution in [1.82, 2.24) is 10.2 Å². The predicted molar refractivity (Wildman–Crippen MR) is 36.8 cm³/mol. The van der Waals surface area contributed by atoms with Crippen LogP contribution in [0.4, 0.5) is 0 Å². The van der Waals surface area contributed by atoms with Gasteiger partial charge >= 0.3 is 0 Å². The van der Waals surface area contributed by atoms with E-state index in [1.807, 2.05) is 6.92 Å². The lowest BCUT2D eigenvalue weighted by Gasteiger charge is -1.82. The van der Waals surface area contributed by atoms with Crippen molar-refractivity contribution in [3.8, 4) is 0 Å². The van der Waals surface area contributed by atoms with Gasteiger partial charge in [0.25, 0.3) is 0 Å². The molecule has 0 atom stereocenters. The van der Waals surface area contributed by atoms with Crippen LogP contribution in [0.3, 0.4) is 0 Å². The Hall–Kier alpha value is -1.12. The first-order valence-electron chi connectivity index (χ1n) is 2.76. The lowest BCUT2D eigenvalue weighted by atomic mass is 10.3. The summed E-state index contributed by atoms with van der Waals surface area (Å²) in [6.45, 7) is 1.96. The monoisotopic (exact) mass is 123 g/mol. The molecule has 0 aliphatic heterocycles. The highest BCUT2D eigenvalue weighted by atomic mass is 15.1. The van der Waals surface area contributed by atoms with Gasteiger partial charge in [0.2, 0.25) is 0 Å². The fraction of sp³-hybridized carbons (Fsp3) is 0.333. The van der Waals surface area contributed by atoms with Crippen molar-refractivity contribution in [2.75, 3.05) is 7.05 Å².